The van der Waals surface area contributed by atoms with E-state index in [4.69, 9.17) is 9.47 Å². The molecule has 3 rings (SSSR count). The van der Waals surface area contributed by atoms with Crippen LogP contribution in [0.4, 0.5) is 10.5 Å². The zero-order valence-electron chi connectivity index (χ0n) is 14.1. The molecule has 9 heteroatoms. The predicted octanol–water partition coefficient (Wildman–Crippen LogP) is 3.21. The van der Waals surface area contributed by atoms with Crippen LogP contribution >= 0.6 is 15.9 Å². The van der Waals surface area contributed by atoms with Crippen LogP contribution in [0.2, 0.25) is 0 Å². The van der Waals surface area contributed by atoms with E-state index in [9.17, 15) is 13.2 Å². The van der Waals surface area contributed by atoms with Gasteiger partial charge in [0.1, 0.15) is 0 Å². The summed E-state index contributed by atoms with van der Waals surface area (Å²) >= 11 is 3.40. The van der Waals surface area contributed by atoms with Crippen LogP contribution in [0.5, 0.6) is 11.5 Å². The van der Waals surface area contributed by atoms with Crippen molar-refractivity contribution in [3.8, 4) is 11.5 Å². The minimum Gasteiger partial charge on any atom is -0.454 e. The molecule has 0 fully saturated rings. The Hall–Kier alpha value is -2.26. The number of sulfone groups is 1. The highest BCUT2D eigenvalue weighted by atomic mass is 79.9. The number of benzene rings is 2. The summed E-state index contributed by atoms with van der Waals surface area (Å²) in [6.45, 7) is 2.23. The third-order valence-corrected chi connectivity index (χ3v) is 5.52. The molecule has 2 amide bonds. The quantitative estimate of drug-likeness (QED) is 0.760. The molecule has 2 N–H and O–H groups in total. The molecule has 0 saturated carbocycles. The van der Waals surface area contributed by atoms with Crippen LogP contribution in [0.3, 0.4) is 0 Å². The molecule has 0 bridgehead atoms. The minimum absolute atomic E-state index is 0.151. The van der Waals surface area contributed by atoms with E-state index in [1.807, 2.05) is 6.07 Å². The van der Waals surface area contributed by atoms with Gasteiger partial charge in [0.25, 0.3) is 0 Å². The fourth-order valence-corrected chi connectivity index (χ4v) is 3.69. The molecule has 0 spiro atoms. The number of anilines is 1. The van der Waals surface area contributed by atoms with Gasteiger partial charge in [-0.05, 0) is 58.2 Å². The number of nitrogens with one attached hydrogen (secondary N) is 2. The Balaban J connectivity index is 1.68. The average molecular weight is 441 g/mol. The van der Waals surface area contributed by atoms with Crippen LogP contribution in [0.15, 0.2) is 39.7 Å². The van der Waals surface area contributed by atoms with Gasteiger partial charge >= 0.3 is 6.03 Å². The zero-order chi connectivity index (χ0) is 18.9. The van der Waals surface area contributed by atoms with Crippen molar-refractivity contribution < 1.29 is 22.7 Å². The highest BCUT2D eigenvalue weighted by Gasteiger charge is 2.18. The fraction of sp³-hybridized carbons (Fsp3) is 0.235. The van der Waals surface area contributed by atoms with Crippen molar-refractivity contribution >= 4 is 37.5 Å². The van der Waals surface area contributed by atoms with Crippen LogP contribution in [-0.2, 0) is 16.4 Å². The lowest BCUT2D eigenvalue weighted by molar-refractivity contribution is 0.173. The number of ether oxygens (including phenoxy) is 2. The molecule has 7 nitrogen and oxygen atoms in total. The second-order valence-corrected chi connectivity index (χ2v) is 8.74. The average Bonchev–Trinajstić information content (AvgIpc) is 3.03. The lowest BCUT2D eigenvalue weighted by Gasteiger charge is -2.12. The maximum atomic E-state index is 12.2. The molecule has 0 unspecified atom stereocenters. The van der Waals surface area contributed by atoms with E-state index in [1.54, 1.807) is 19.1 Å². The van der Waals surface area contributed by atoms with Crippen LogP contribution in [0.1, 0.15) is 11.1 Å². The van der Waals surface area contributed by atoms with Crippen molar-refractivity contribution in [3.63, 3.8) is 0 Å². The Labute approximate surface area is 159 Å². The van der Waals surface area contributed by atoms with Crippen molar-refractivity contribution in [2.45, 2.75) is 18.4 Å². The Morgan fingerprint density at radius 1 is 1.23 bits per heavy atom. The first-order valence-electron chi connectivity index (χ1n) is 7.67. The highest BCUT2D eigenvalue weighted by Crippen LogP contribution is 2.39. The molecular formula is C17H17BrN2O5S. The van der Waals surface area contributed by atoms with E-state index in [2.05, 4.69) is 26.6 Å². The number of rotatable bonds is 4. The Bertz CT molecular complexity index is 975. The molecule has 1 aliphatic rings. The molecule has 2 aromatic rings. The van der Waals surface area contributed by atoms with Gasteiger partial charge in [-0.25, -0.2) is 13.2 Å². The molecule has 1 heterocycles. The number of carbonyl (C=O) groups excluding carboxylic acids is 1. The number of halogens is 1. The summed E-state index contributed by atoms with van der Waals surface area (Å²) in [6, 6.07) is 7.81. The first-order valence-corrected chi connectivity index (χ1v) is 10.4. The van der Waals surface area contributed by atoms with E-state index >= 15 is 0 Å². The van der Waals surface area contributed by atoms with Crippen LogP contribution in [0, 0.1) is 6.92 Å². The van der Waals surface area contributed by atoms with E-state index in [0.717, 1.165) is 21.9 Å². The molecule has 1 aliphatic heterocycles. The zero-order valence-corrected chi connectivity index (χ0v) is 16.5. The van der Waals surface area contributed by atoms with Gasteiger partial charge in [-0.3, -0.25) is 0 Å². The molecule has 0 atom stereocenters. The molecule has 0 aliphatic carbocycles. The van der Waals surface area contributed by atoms with Gasteiger partial charge in [-0.15, -0.1) is 0 Å². The molecule has 0 aromatic heterocycles. The smallest absolute Gasteiger partial charge is 0.319 e. The summed E-state index contributed by atoms with van der Waals surface area (Å²) < 4.78 is 34.7. The summed E-state index contributed by atoms with van der Waals surface area (Å²) in [7, 11) is -3.35. The summed E-state index contributed by atoms with van der Waals surface area (Å²) in [4.78, 5) is 12.3. The Morgan fingerprint density at radius 2 is 2.00 bits per heavy atom. The molecule has 0 radical (unpaired) electrons. The number of hydrogen-bond acceptors (Lipinski definition) is 5. The van der Waals surface area contributed by atoms with Gasteiger partial charge in [0.15, 0.2) is 21.3 Å². The first-order chi connectivity index (χ1) is 12.2. The number of fused-ring (bicyclic) bond motifs is 1. The van der Waals surface area contributed by atoms with E-state index < -0.39 is 15.9 Å². The number of carbonyl (C=O) groups is 1. The Morgan fingerprint density at radius 3 is 2.73 bits per heavy atom. The van der Waals surface area contributed by atoms with Gasteiger partial charge in [-0.1, -0.05) is 6.07 Å². The monoisotopic (exact) mass is 440 g/mol. The first kappa shape index (κ1) is 18.5. The van der Waals surface area contributed by atoms with Crippen molar-refractivity contribution in [2.24, 2.45) is 0 Å². The number of aryl methyl sites for hydroxylation is 1. The maximum absolute atomic E-state index is 12.2. The van der Waals surface area contributed by atoms with Crippen molar-refractivity contribution in [1.82, 2.24) is 5.32 Å². The molecule has 2 aromatic carbocycles. The summed E-state index contributed by atoms with van der Waals surface area (Å²) in [5.41, 5.74) is 2.04. The summed E-state index contributed by atoms with van der Waals surface area (Å²) in [6.07, 6.45) is 1.12. The topological polar surface area (TPSA) is 93.7 Å². The standard InChI is InChI=1S/C17H17BrN2O5S/c1-10-3-4-12(26(2,22)23)7-14(10)20-17(21)19-8-11-5-13(18)16-15(6-11)24-9-25-16/h3-7H,8-9H2,1-2H3,(H2,19,20,21). The molecule has 0 saturated heterocycles. The maximum Gasteiger partial charge on any atom is 0.319 e. The highest BCUT2D eigenvalue weighted by molar-refractivity contribution is 9.10. The molecule has 138 valence electrons. The second kappa shape index (κ2) is 7.16. The number of urea groups is 1. The van der Waals surface area contributed by atoms with Gasteiger partial charge in [0.05, 0.1) is 9.37 Å². The van der Waals surface area contributed by atoms with Gasteiger partial charge in [-0.2, -0.15) is 0 Å². The lowest BCUT2D eigenvalue weighted by atomic mass is 10.2. The minimum atomic E-state index is -3.35. The predicted molar refractivity (Wildman–Crippen MR) is 100 cm³/mol. The second-order valence-electron chi connectivity index (χ2n) is 5.87. The number of hydrogen-bond donors (Lipinski definition) is 2. The number of amides is 2. The van der Waals surface area contributed by atoms with Crippen molar-refractivity contribution in [1.29, 1.82) is 0 Å². The molecular weight excluding hydrogens is 424 g/mol. The van der Waals surface area contributed by atoms with Gasteiger partial charge < -0.3 is 20.1 Å². The normalized spacial score (nSPS) is 12.7. The summed E-state index contributed by atoms with van der Waals surface area (Å²) in [5, 5.41) is 5.41. The SMILES string of the molecule is Cc1ccc(S(C)(=O)=O)cc1NC(=O)NCc1cc(Br)c2c(c1)OCO2. The van der Waals surface area contributed by atoms with Crippen molar-refractivity contribution in [3.05, 3.63) is 45.9 Å². The van der Waals surface area contributed by atoms with Crippen LogP contribution in [-0.4, -0.2) is 27.5 Å². The fourth-order valence-electron chi connectivity index (χ4n) is 2.44. The van der Waals surface area contributed by atoms with E-state index in [-0.39, 0.29) is 18.2 Å². The van der Waals surface area contributed by atoms with Gasteiger partial charge in [0.2, 0.25) is 6.79 Å². The third-order valence-electron chi connectivity index (χ3n) is 3.83. The van der Waals surface area contributed by atoms with Crippen LogP contribution < -0.4 is 20.1 Å². The van der Waals surface area contributed by atoms with Gasteiger partial charge in [0, 0.05) is 18.5 Å². The van der Waals surface area contributed by atoms with Crippen LogP contribution in [0.25, 0.3) is 0 Å². The van der Waals surface area contributed by atoms with E-state index in [0.29, 0.717) is 17.2 Å². The third kappa shape index (κ3) is 4.10. The lowest BCUT2D eigenvalue weighted by Crippen LogP contribution is -2.28. The van der Waals surface area contributed by atoms with Crippen molar-refractivity contribution in [2.75, 3.05) is 18.4 Å². The Kier molecular flexibility index (Phi) is 5.10. The largest absolute Gasteiger partial charge is 0.454 e. The summed E-state index contributed by atoms with van der Waals surface area (Å²) in [5.74, 6) is 1.26. The molecule has 26 heavy (non-hydrogen) atoms. The van der Waals surface area contributed by atoms with E-state index in [1.165, 1.54) is 12.1 Å².